The summed E-state index contributed by atoms with van der Waals surface area (Å²) in [5.41, 5.74) is 3.85. The second-order valence-electron chi connectivity index (χ2n) is 6.30. The van der Waals surface area contributed by atoms with Crippen molar-refractivity contribution < 1.29 is 8.78 Å². The molecule has 0 saturated heterocycles. The maximum Gasteiger partial charge on any atom is 0.167 e. The molecular formula is C23H22F2. The summed E-state index contributed by atoms with van der Waals surface area (Å²) in [5.74, 6) is -1.61. The van der Waals surface area contributed by atoms with Crippen LogP contribution in [0, 0.1) is 11.6 Å². The maximum atomic E-state index is 14.6. The van der Waals surface area contributed by atoms with E-state index in [9.17, 15) is 8.78 Å². The molecule has 0 amide bonds. The SMILES string of the molecule is CCCCCc1ccc(-c2c(-c3ccccc3)ccc(F)c2F)cc1. The van der Waals surface area contributed by atoms with E-state index in [2.05, 4.69) is 6.92 Å². The van der Waals surface area contributed by atoms with Gasteiger partial charge in [-0.1, -0.05) is 80.4 Å². The van der Waals surface area contributed by atoms with Crippen LogP contribution in [0.3, 0.4) is 0 Å². The zero-order valence-corrected chi connectivity index (χ0v) is 14.4. The monoisotopic (exact) mass is 336 g/mol. The lowest BCUT2D eigenvalue weighted by Crippen LogP contribution is -1.94. The Morgan fingerprint density at radius 3 is 2.12 bits per heavy atom. The van der Waals surface area contributed by atoms with Crippen molar-refractivity contribution >= 4 is 0 Å². The lowest BCUT2D eigenvalue weighted by Gasteiger charge is -2.13. The van der Waals surface area contributed by atoms with E-state index in [0.717, 1.165) is 18.4 Å². The molecule has 3 rings (SSSR count). The first-order chi connectivity index (χ1) is 12.2. The largest absolute Gasteiger partial charge is 0.204 e. The molecule has 0 nitrogen and oxygen atoms in total. The molecule has 0 saturated carbocycles. The highest BCUT2D eigenvalue weighted by molar-refractivity contribution is 5.84. The zero-order chi connectivity index (χ0) is 17.6. The molecule has 3 aromatic carbocycles. The van der Waals surface area contributed by atoms with Crippen LogP contribution in [0.5, 0.6) is 0 Å². The van der Waals surface area contributed by atoms with Crippen molar-refractivity contribution in [2.75, 3.05) is 0 Å². The Bertz CT molecular complexity index is 821. The van der Waals surface area contributed by atoms with Gasteiger partial charge in [0.2, 0.25) is 0 Å². The van der Waals surface area contributed by atoms with Gasteiger partial charge in [0.1, 0.15) is 0 Å². The first kappa shape index (κ1) is 17.3. The van der Waals surface area contributed by atoms with Crippen molar-refractivity contribution in [3.63, 3.8) is 0 Å². The molecule has 0 radical (unpaired) electrons. The van der Waals surface area contributed by atoms with Crippen LogP contribution in [-0.4, -0.2) is 0 Å². The van der Waals surface area contributed by atoms with Gasteiger partial charge in [-0.15, -0.1) is 0 Å². The quantitative estimate of drug-likeness (QED) is 0.424. The Kier molecular flexibility index (Phi) is 5.60. The first-order valence-corrected chi connectivity index (χ1v) is 8.83. The molecule has 0 spiro atoms. The minimum atomic E-state index is -0.818. The third-order valence-electron chi connectivity index (χ3n) is 4.49. The second-order valence-corrected chi connectivity index (χ2v) is 6.30. The molecule has 128 valence electrons. The van der Waals surface area contributed by atoms with E-state index in [0.29, 0.717) is 16.7 Å². The molecule has 25 heavy (non-hydrogen) atoms. The average molecular weight is 336 g/mol. The molecule has 0 fully saturated rings. The van der Waals surface area contributed by atoms with Crippen LogP contribution in [0.2, 0.25) is 0 Å². The molecule has 3 aromatic rings. The minimum Gasteiger partial charge on any atom is -0.204 e. The molecule has 0 aliphatic rings. The smallest absolute Gasteiger partial charge is 0.167 e. The number of unbranched alkanes of at least 4 members (excludes halogenated alkanes) is 2. The third-order valence-corrected chi connectivity index (χ3v) is 4.49. The molecule has 0 unspecified atom stereocenters. The van der Waals surface area contributed by atoms with Gasteiger partial charge in [-0.3, -0.25) is 0 Å². The number of aryl methyl sites for hydroxylation is 1. The number of benzene rings is 3. The van der Waals surface area contributed by atoms with E-state index in [4.69, 9.17) is 0 Å². The van der Waals surface area contributed by atoms with Gasteiger partial charge in [-0.05, 0) is 41.2 Å². The molecule has 0 N–H and O–H groups in total. The molecule has 0 aliphatic carbocycles. The summed E-state index contributed by atoms with van der Waals surface area (Å²) in [5, 5.41) is 0. The van der Waals surface area contributed by atoms with Crippen LogP contribution in [0.1, 0.15) is 31.7 Å². The number of rotatable bonds is 6. The normalized spacial score (nSPS) is 10.8. The maximum absolute atomic E-state index is 14.6. The Morgan fingerprint density at radius 2 is 1.44 bits per heavy atom. The summed E-state index contributed by atoms with van der Waals surface area (Å²) in [6.07, 6.45) is 4.57. The lowest BCUT2D eigenvalue weighted by molar-refractivity contribution is 0.511. The third kappa shape index (κ3) is 3.96. The van der Waals surface area contributed by atoms with Crippen molar-refractivity contribution in [2.45, 2.75) is 32.6 Å². The first-order valence-electron chi connectivity index (χ1n) is 8.83. The van der Waals surface area contributed by atoms with Crippen LogP contribution < -0.4 is 0 Å². The molecule has 2 heteroatoms. The van der Waals surface area contributed by atoms with Crippen LogP contribution in [-0.2, 0) is 6.42 Å². The van der Waals surface area contributed by atoms with Gasteiger partial charge in [0.25, 0.3) is 0 Å². The Morgan fingerprint density at radius 1 is 0.720 bits per heavy atom. The highest BCUT2D eigenvalue weighted by atomic mass is 19.2. The van der Waals surface area contributed by atoms with Gasteiger partial charge in [0.15, 0.2) is 11.6 Å². The fraction of sp³-hybridized carbons (Fsp3) is 0.217. The van der Waals surface area contributed by atoms with Crippen molar-refractivity contribution in [3.8, 4) is 22.3 Å². The number of halogens is 2. The van der Waals surface area contributed by atoms with Crippen LogP contribution in [0.4, 0.5) is 8.78 Å². The summed E-state index contributed by atoms with van der Waals surface area (Å²) in [6, 6.07) is 20.2. The second kappa shape index (κ2) is 8.06. The fourth-order valence-corrected chi connectivity index (χ4v) is 3.11. The molecule has 0 heterocycles. The Balaban J connectivity index is 2.00. The van der Waals surface area contributed by atoms with Crippen molar-refractivity contribution in [1.82, 2.24) is 0 Å². The Hall–Kier alpha value is -2.48. The average Bonchev–Trinajstić information content (AvgIpc) is 2.65. The zero-order valence-electron chi connectivity index (χ0n) is 14.4. The van der Waals surface area contributed by atoms with E-state index in [-0.39, 0.29) is 0 Å². The van der Waals surface area contributed by atoms with Gasteiger partial charge >= 0.3 is 0 Å². The van der Waals surface area contributed by atoms with E-state index in [1.807, 2.05) is 54.6 Å². The van der Waals surface area contributed by atoms with E-state index in [1.165, 1.54) is 24.5 Å². The van der Waals surface area contributed by atoms with Crippen molar-refractivity contribution in [3.05, 3.63) is 83.9 Å². The van der Waals surface area contributed by atoms with Gasteiger partial charge < -0.3 is 0 Å². The van der Waals surface area contributed by atoms with Crippen LogP contribution >= 0.6 is 0 Å². The summed E-state index contributed by atoms with van der Waals surface area (Å²) >= 11 is 0. The standard InChI is InChI=1S/C23H22F2/c1-2-3-5-8-17-11-13-19(14-12-17)22-20(15-16-21(24)23(22)25)18-9-6-4-7-10-18/h4,6-7,9-16H,2-3,5,8H2,1H3. The number of hydrogen-bond donors (Lipinski definition) is 0. The topological polar surface area (TPSA) is 0 Å². The highest BCUT2D eigenvalue weighted by Gasteiger charge is 2.16. The van der Waals surface area contributed by atoms with Crippen molar-refractivity contribution in [2.24, 2.45) is 0 Å². The van der Waals surface area contributed by atoms with E-state index < -0.39 is 11.6 Å². The van der Waals surface area contributed by atoms with E-state index >= 15 is 0 Å². The summed E-state index contributed by atoms with van der Waals surface area (Å²) in [6.45, 7) is 2.18. The Labute approximate surface area is 148 Å². The fourth-order valence-electron chi connectivity index (χ4n) is 3.11. The molecular weight excluding hydrogens is 314 g/mol. The van der Waals surface area contributed by atoms with Crippen LogP contribution in [0.15, 0.2) is 66.7 Å². The van der Waals surface area contributed by atoms with Crippen molar-refractivity contribution in [1.29, 1.82) is 0 Å². The van der Waals surface area contributed by atoms with Gasteiger partial charge in [0.05, 0.1) is 0 Å². The molecule has 0 bridgehead atoms. The highest BCUT2D eigenvalue weighted by Crippen LogP contribution is 2.35. The number of hydrogen-bond acceptors (Lipinski definition) is 0. The summed E-state index contributed by atoms with van der Waals surface area (Å²) in [4.78, 5) is 0. The molecule has 0 atom stereocenters. The van der Waals surface area contributed by atoms with E-state index in [1.54, 1.807) is 6.07 Å². The van der Waals surface area contributed by atoms with Gasteiger partial charge in [-0.2, -0.15) is 0 Å². The molecule has 0 aliphatic heterocycles. The summed E-state index contributed by atoms with van der Waals surface area (Å²) < 4.78 is 28.5. The lowest BCUT2D eigenvalue weighted by atomic mass is 9.93. The molecule has 0 aromatic heterocycles. The van der Waals surface area contributed by atoms with Crippen LogP contribution in [0.25, 0.3) is 22.3 Å². The predicted molar refractivity (Wildman–Crippen MR) is 100 cm³/mol. The van der Waals surface area contributed by atoms with Gasteiger partial charge in [0, 0.05) is 5.56 Å². The minimum absolute atomic E-state index is 0.325. The summed E-state index contributed by atoms with van der Waals surface area (Å²) in [7, 11) is 0. The predicted octanol–water partition coefficient (Wildman–Crippen LogP) is 7.03. The van der Waals surface area contributed by atoms with Gasteiger partial charge in [-0.25, -0.2) is 8.78 Å².